The molecule has 0 atom stereocenters. The lowest BCUT2D eigenvalue weighted by molar-refractivity contribution is 0.0997. The molecule has 2 aromatic heterocycles. The maximum Gasteiger partial charge on any atom is 0.292 e. The first-order valence-corrected chi connectivity index (χ1v) is 8.11. The van der Waals surface area contributed by atoms with Crippen molar-refractivity contribution in [2.75, 3.05) is 12.4 Å². The van der Waals surface area contributed by atoms with Crippen LogP contribution in [0, 0.1) is 6.92 Å². The number of aromatic nitrogens is 2. The summed E-state index contributed by atoms with van der Waals surface area (Å²) in [7, 11) is 1.62. The molecule has 0 aliphatic carbocycles. The first-order chi connectivity index (χ1) is 11.7. The Balaban J connectivity index is 1.63. The highest BCUT2D eigenvalue weighted by Gasteiger charge is 2.20. The van der Waals surface area contributed by atoms with E-state index in [2.05, 4.69) is 10.4 Å². The minimum absolute atomic E-state index is 0.280. The van der Waals surface area contributed by atoms with Crippen molar-refractivity contribution in [2.24, 2.45) is 0 Å². The number of aryl methyl sites for hydroxylation is 3. The van der Waals surface area contributed by atoms with Crippen LogP contribution in [0.1, 0.15) is 34.7 Å². The van der Waals surface area contributed by atoms with Gasteiger partial charge in [0.1, 0.15) is 11.3 Å². The summed E-state index contributed by atoms with van der Waals surface area (Å²) in [5, 5.41) is 8.18. The van der Waals surface area contributed by atoms with Gasteiger partial charge in [0.05, 0.1) is 7.11 Å². The van der Waals surface area contributed by atoms with Crippen LogP contribution in [0.15, 0.2) is 28.7 Å². The standard InChI is InChI=1S/C18H19N3O3/c1-11-14-10-13(23-2)6-7-15(14)24-17(11)18(22)19-16-9-12-5-3-4-8-21(12)20-16/h6-7,9-10H,3-5,8H2,1-2H3,(H,19,20,22). The van der Waals surface area contributed by atoms with Crippen LogP contribution in [-0.2, 0) is 13.0 Å². The number of benzene rings is 1. The van der Waals surface area contributed by atoms with Crippen molar-refractivity contribution in [2.45, 2.75) is 32.7 Å². The molecule has 1 aromatic carbocycles. The van der Waals surface area contributed by atoms with E-state index in [0.29, 0.717) is 17.2 Å². The molecule has 0 unspecified atom stereocenters. The molecule has 4 rings (SSSR count). The Hall–Kier alpha value is -2.76. The fourth-order valence-corrected chi connectivity index (χ4v) is 3.20. The van der Waals surface area contributed by atoms with Gasteiger partial charge in [0.25, 0.3) is 5.91 Å². The van der Waals surface area contributed by atoms with Gasteiger partial charge < -0.3 is 14.5 Å². The lowest BCUT2D eigenvalue weighted by Crippen LogP contribution is -2.13. The van der Waals surface area contributed by atoms with Gasteiger partial charge in [-0.05, 0) is 44.4 Å². The number of hydrogen-bond acceptors (Lipinski definition) is 4. The predicted molar refractivity (Wildman–Crippen MR) is 90.6 cm³/mol. The zero-order valence-electron chi connectivity index (χ0n) is 13.8. The van der Waals surface area contributed by atoms with Crippen LogP contribution in [0.2, 0.25) is 0 Å². The van der Waals surface area contributed by atoms with Crippen LogP contribution in [0.5, 0.6) is 5.75 Å². The number of carbonyl (C=O) groups is 1. The van der Waals surface area contributed by atoms with Crippen molar-refractivity contribution in [1.82, 2.24) is 9.78 Å². The van der Waals surface area contributed by atoms with Crippen LogP contribution in [0.25, 0.3) is 11.0 Å². The van der Waals surface area contributed by atoms with Crippen molar-refractivity contribution in [1.29, 1.82) is 0 Å². The second-order valence-corrected chi connectivity index (χ2v) is 6.07. The largest absolute Gasteiger partial charge is 0.497 e. The van der Waals surface area contributed by atoms with Gasteiger partial charge >= 0.3 is 0 Å². The molecule has 0 saturated carbocycles. The molecular weight excluding hydrogens is 306 g/mol. The van der Waals surface area contributed by atoms with E-state index in [9.17, 15) is 4.79 Å². The number of ether oxygens (including phenoxy) is 1. The first kappa shape index (κ1) is 14.8. The topological polar surface area (TPSA) is 69.3 Å². The molecule has 0 spiro atoms. The van der Waals surface area contributed by atoms with Crippen molar-refractivity contribution >= 4 is 22.7 Å². The fourth-order valence-electron chi connectivity index (χ4n) is 3.20. The number of carbonyl (C=O) groups excluding carboxylic acids is 1. The van der Waals surface area contributed by atoms with Gasteiger partial charge in [0.2, 0.25) is 0 Å². The van der Waals surface area contributed by atoms with Gasteiger partial charge in [-0.25, -0.2) is 0 Å². The zero-order chi connectivity index (χ0) is 16.7. The van der Waals surface area contributed by atoms with E-state index in [1.54, 1.807) is 7.11 Å². The Morgan fingerprint density at radius 2 is 2.21 bits per heavy atom. The predicted octanol–water partition coefficient (Wildman–Crippen LogP) is 3.53. The van der Waals surface area contributed by atoms with Crippen LogP contribution in [0.4, 0.5) is 5.82 Å². The van der Waals surface area contributed by atoms with Crippen molar-refractivity contribution in [3.8, 4) is 5.75 Å². The monoisotopic (exact) mass is 325 g/mol. The minimum Gasteiger partial charge on any atom is -0.497 e. The highest BCUT2D eigenvalue weighted by atomic mass is 16.5. The normalized spacial score (nSPS) is 13.8. The zero-order valence-corrected chi connectivity index (χ0v) is 13.8. The number of fused-ring (bicyclic) bond motifs is 2. The van der Waals surface area contributed by atoms with E-state index in [0.717, 1.165) is 36.1 Å². The lowest BCUT2D eigenvalue weighted by Gasteiger charge is -2.11. The minimum atomic E-state index is -0.280. The second kappa shape index (κ2) is 5.70. The average molecular weight is 325 g/mol. The summed E-state index contributed by atoms with van der Waals surface area (Å²) in [5.74, 6) is 1.34. The number of methoxy groups -OCH3 is 1. The highest BCUT2D eigenvalue weighted by Crippen LogP contribution is 2.29. The lowest BCUT2D eigenvalue weighted by atomic mass is 10.1. The van der Waals surface area contributed by atoms with E-state index in [-0.39, 0.29) is 5.91 Å². The number of amides is 1. The number of rotatable bonds is 3. The summed E-state index contributed by atoms with van der Waals surface area (Å²) in [4.78, 5) is 12.6. The number of hydrogen-bond donors (Lipinski definition) is 1. The molecule has 1 amide bonds. The van der Waals surface area contributed by atoms with Gasteiger partial charge in [-0.3, -0.25) is 9.48 Å². The first-order valence-electron chi connectivity index (χ1n) is 8.11. The third-order valence-corrected chi connectivity index (χ3v) is 4.51. The molecule has 0 saturated heterocycles. The molecule has 0 bridgehead atoms. The molecule has 24 heavy (non-hydrogen) atoms. The molecule has 1 N–H and O–H groups in total. The van der Waals surface area contributed by atoms with Gasteiger partial charge in [-0.1, -0.05) is 0 Å². The molecule has 0 fully saturated rings. The Labute approximate surface area is 139 Å². The highest BCUT2D eigenvalue weighted by molar-refractivity contribution is 6.06. The van der Waals surface area contributed by atoms with E-state index in [1.165, 1.54) is 12.1 Å². The summed E-state index contributed by atoms with van der Waals surface area (Å²) >= 11 is 0. The Kier molecular flexibility index (Phi) is 3.52. The summed E-state index contributed by atoms with van der Waals surface area (Å²) in [5.41, 5.74) is 2.63. The number of anilines is 1. The second-order valence-electron chi connectivity index (χ2n) is 6.07. The maximum atomic E-state index is 12.6. The Morgan fingerprint density at radius 3 is 3.00 bits per heavy atom. The summed E-state index contributed by atoms with van der Waals surface area (Å²) in [6.07, 6.45) is 3.31. The SMILES string of the molecule is COc1ccc2oc(C(=O)Nc3cc4n(n3)CCCC4)c(C)c2c1. The fraction of sp³-hybridized carbons (Fsp3) is 0.333. The number of nitrogens with zero attached hydrogens (tertiary/aromatic N) is 2. The molecule has 0 radical (unpaired) electrons. The molecule has 1 aliphatic rings. The molecule has 1 aliphatic heterocycles. The van der Waals surface area contributed by atoms with Crippen LogP contribution < -0.4 is 10.1 Å². The van der Waals surface area contributed by atoms with Gasteiger partial charge in [-0.2, -0.15) is 5.10 Å². The molecule has 124 valence electrons. The number of nitrogens with one attached hydrogen (secondary N) is 1. The van der Waals surface area contributed by atoms with E-state index in [4.69, 9.17) is 9.15 Å². The van der Waals surface area contributed by atoms with E-state index < -0.39 is 0 Å². The summed E-state index contributed by atoms with van der Waals surface area (Å²) in [6, 6.07) is 7.45. The molecule has 6 heteroatoms. The molecule has 6 nitrogen and oxygen atoms in total. The molecular formula is C18H19N3O3. The van der Waals surface area contributed by atoms with Gasteiger partial charge in [-0.15, -0.1) is 0 Å². The molecule has 3 heterocycles. The smallest absolute Gasteiger partial charge is 0.292 e. The number of furan rings is 1. The average Bonchev–Trinajstić information content (AvgIpc) is 3.15. The Bertz CT molecular complexity index is 900. The van der Waals surface area contributed by atoms with Crippen molar-refractivity contribution in [3.05, 3.63) is 41.3 Å². The van der Waals surface area contributed by atoms with Gasteiger partial charge in [0.15, 0.2) is 11.6 Å². The quantitative estimate of drug-likeness (QED) is 0.800. The summed E-state index contributed by atoms with van der Waals surface area (Å²) in [6.45, 7) is 2.78. The molecule has 3 aromatic rings. The maximum absolute atomic E-state index is 12.6. The van der Waals surface area contributed by atoms with Crippen LogP contribution in [0.3, 0.4) is 0 Å². The Morgan fingerprint density at radius 1 is 1.33 bits per heavy atom. The van der Waals surface area contributed by atoms with Crippen molar-refractivity contribution < 1.29 is 13.9 Å². The van der Waals surface area contributed by atoms with Crippen molar-refractivity contribution in [3.63, 3.8) is 0 Å². The van der Waals surface area contributed by atoms with E-state index in [1.807, 2.05) is 35.9 Å². The van der Waals surface area contributed by atoms with E-state index >= 15 is 0 Å². The third-order valence-electron chi connectivity index (χ3n) is 4.51. The third kappa shape index (κ3) is 2.44. The van der Waals surface area contributed by atoms with Crippen LogP contribution in [-0.4, -0.2) is 22.8 Å². The summed E-state index contributed by atoms with van der Waals surface area (Å²) < 4.78 is 12.9. The van der Waals surface area contributed by atoms with Gasteiger partial charge in [0, 0.05) is 29.3 Å². The van der Waals surface area contributed by atoms with Crippen LogP contribution >= 0.6 is 0 Å².